The molecular weight excluding hydrogens is 324 g/mol. The molecule has 0 bridgehead atoms. The van der Waals surface area contributed by atoms with Gasteiger partial charge in [0, 0.05) is 11.4 Å². The molecule has 0 unspecified atom stereocenters. The normalized spacial score (nSPS) is 17.1. The Bertz CT molecular complexity index is 784. The topological polar surface area (TPSA) is 62.6 Å². The SMILES string of the molecule is Cc1ccc(C(=O)N2CSC[C@@H]2C(=O)Nc2cccc(C)c2C)o1. The van der Waals surface area contributed by atoms with E-state index >= 15 is 0 Å². The lowest BCUT2D eigenvalue weighted by Crippen LogP contribution is -2.44. The third-order valence-electron chi connectivity index (χ3n) is 4.26. The molecule has 1 atom stereocenters. The predicted molar refractivity (Wildman–Crippen MR) is 95.3 cm³/mol. The van der Waals surface area contributed by atoms with E-state index in [1.54, 1.807) is 35.7 Å². The summed E-state index contributed by atoms with van der Waals surface area (Å²) in [5.41, 5.74) is 2.95. The van der Waals surface area contributed by atoms with Crippen LogP contribution in [0.15, 0.2) is 34.7 Å². The van der Waals surface area contributed by atoms with E-state index in [1.165, 1.54) is 0 Å². The van der Waals surface area contributed by atoms with Crippen LogP contribution in [0.2, 0.25) is 0 Å². The number of carbonyl (C=O) groups is 2. The minimum absolute atomic E-state index is 0.162. The number of nitrogens with zero attached hydrogens (tertiary/aromatic N) is 1. The number of hydrogen-bond acceptors (Lipinski definition) is 4. The second-order valence-electron chi connectivity index (χ2n) is 5.94. The number of thioether (sulfide) groups is 1. The maximum atomic E-state index is 12.7. The summed E-state index contributed by atoms with van der Waals surface area (Å²) in [5.74, 6) is 1.63. The van der Waals surface area contributed by atoms with Gasteiger partial charge >= 0.3 is 0 Å². The molecular formula is C18H20N2O3S. The summed E-state index contributed by atoms with van der Waals surface area (Å²) < 4.78 is 5.41. The third-order valence-corrected chi connectivity index (χ3v) is 5.27. The van der Waals surface area contributed by atoms with Crippen LogP contribution in [0.4, 0.5) is 5.69 Å². The number of rotatable bonds is 3. The zero-order valence-electron chi connectivity index (χ0n) is 14.0. The number of benzene rings is 1. The molecule has 126 valence electrons. The van der Waals surface area contributed by atoms with E-state index in [9.17, 15) is 9.59 Å². The Morgan fingerprint density at radius 3 is 2.71 bits per heavy atom. The molecule has 1 N–H and O–H groups in total. The summed E-state index contributed by atoms with van der Waals surface area (Å²) in [5, 5.41) is 2.96. The molecule has 2 aromatic rings. The van der Waals surface area contributed by atoms with Gasteiger partial charge in [0.25, 0.3) is 5.91 Å². The molecule has 1 aromatic carbocycles. The molecule has 0 saturated carbocycles. The summed E-state index contributed by atoms with van der Waals surface area (Å²) in [6.45, 7) is 5.77. The molecule has 24 heavy (non-hydrogen) atoms. The van der Waals surface area contributed by atoms with Gasteiger partial charge in [0.15, 0.2) is 5.76 Å². The van der Waals surface area contributed by atoms with Crippen molar-refractivity contribution in [3.63, 3.8) is 0 Å². The Hall–Kier alpha value is -2.21. The molecule has 1 fully saturated rings. The molecule has 1 aliphatic rings. The van der Waals surface area contributed by atoms with Crippen LogP contribution in [0.5, 0.6) is 0 Å². The molecule has 2 amide bonds. The van der Waals surface area contributed by atoms with E-state index in [0.717, 1.165) is 16.8 Å². The van der Waals surface area contributed by atoms with Crippen LogP contribution < -0.4 is 5.32 Å². The van der Waals surface area contributed by atoms with Crippen molar-refractivity contribution in [3.8, 4) is 0 Å². The van der Waals surface area contributed by atoms with Crippen LogP contribution in [-0.2, 0) is 4.79 Å². The fourth-order valence-electron chi connectivity index (χ4n) is 2.65. The van der Waals surface area contributed by atoms with E-state index in [2.05, 4.69) is 5.32 Å². The van der Waals surface area contributed by atoms with Gasteiger partial charge in [-0.25, -0.2) is 0 Å². The lowest BCUT2D eigenvalue weighted by Gasteiger charge is -2.22. The summed E-state index contributed by atoms with van der Waals surface area (Å²) in [6, 6.07) is 8.71. The number of furan rings is 1. The molecule has 1 saturated heterocycles. The number of anilines is 1. The monoisotopic (exact) mass is 344 g/mol. The smallest absolute Gasteiger partial charge is 0.290 e. The predicted octanol–water partition coefficient (Wildman–Crippen LogP) is 3.36. The zero-order chi connectivity index (χ0) is 17.3. The van der Waals surface area contributed by atoms with Crippen LogP contribution in [0.1, 0.15) is 27.4 Å². The van der Waals surface area contributed by atoms with E-state index < -0.39 is 6.04 Å². The standard InChI is InChI=1S/C18H20N2O3S/c1-11-5-4-6-14(13(11)3)19-17(21)15-9-24-10-20(15)18(22)16-8-7-12(2)23-16/h4-8,15H,9-10H2,1-3H3,(H,19,21)/t15-/m1/s1. The first-order valence-corrected chi connectivity index (χ1v) is 8.95. The fraction of sp³-hybridized carbons (Fsp3) is 0.333. The van der Waals surface area contributed by atoms with Crippen molar-refractivity contribution in [2.75, 3.05) is 16.9 Å². The number of amides is 2. The van der Waals surface area contributed by atoms with Crippen molar-refractivity contribution >= 4 is 29.3 Å². The Morgan fingerprint density at radius 1 is 1.21 bits per heavy atom. The van der Waals surface area contributed by atoms with Crippen LogP contribution >= 0.6 is 11.8 Å². The van der Waals surface area contributed by atoms with Gasteiger partial charge in [0.2, 0.25) is 5.91 Å². The van der Waals surface area contributed by atoms with Crippen molar-refractivity contribution < 1.29 is 14.0 Å². The van der Waals surface area contributed by atoms with Gasteiger partial charge in [-0.15, -0.1) is 11.8 Å². The van der Waals surface area contributed by atoms with Crippen molar-refractivity contribution in [1.82, 2.24) is 4.90 Å². The summed E-state index contributed by atoms with van der Waals surface area (Å²) >= 11 is 1.57. The minimum atomic E-state index is -0.493. The first-order chi connectivity index (χ1) is 11.5. The maximum Gasteiger partial charge on any atom is 0.290 e. The number of carbonyl (C=O) groups excluding carboxylic acids is 2. The van der Waals surface area contributed by atoms with Gasteiger partial charge in [-0.05, 0) is 50.1 Å². The Morgan fingerprint density at radius 2 is 2.00 bits per heavy atom. The second kappa shape index (κ2) is 6.73. The first-order valence-electron chi connectivity index (χ1n) is 7.79. The average molecular weight is 344 g/mol. The van der Waals surface area contributed by atoms with Gasteiger partial charge in [-0.3, -0.25) is 9.59 Å². The largest absolute Gasteiger partial charge is 0.456 e. The molecule has 1 aliphatic heterocycles. The van der Waals surface area contributed by atoms with Gasteiger partial charge in [-0.1, -0.05) is 12.1 Å². The highest BCUT2D eigenvalue weighted by atomic mass is 32.2. The van der Waals surface area contributed by atoms with Gasteiger partial charge in [-0.2, -0.15) is 0 Å². The van der Waals surface area contributed by atoms with E-state index in [-0.39, 0.29) is 17.6 Å². The highest BCUT2D eigenvalue weighted by Gasteiger charge is 2.36. The minimum Gasteiger partial charge on any atom is -0.456 e. The van der Waals surface area contributed by atoms with Crippen molar-refractivity contribution in [2.45, 2.75) is 26.8 Å². The van der Waals surface area contributed by atoms with Gasteiger partial charge in [0.1, 0.15) is 11.8 Å². The summed E-state index contributed by atoms with van der Waals surface area (Å²) in [6.07, 6.45) is 0. The van der Waals surface area contributed by atoms with Crippen LogP contribution in [0, 0.1) is 20.8 Å². The first kappa shape index (κ1) is 16.6. The van der Waals surface area contributed by atoms with Crippen molar-refractivity contribution in [1.29, 1.82) is 0 Å². The highest BCUT2D eigenvalue weighted by Crippen LogP contribution is 2.26. The second-order valence-corrected chi connectivity index (χ2v) is 6.94. The zero-order valence-corrected chi connectivity index (χ0v) is 14.8. The molecule has 5 nitrogen and oxygen atoms in total. The molecule has 3 rings (SSSR count). The lowest BCUT2D eigenvalue weighted by atomic mass is 10.1. The van der Waals surface area contributed by atoms with E-state index in [0.29, 0.717) is 17.4 Å². The summed E-state index contributed by atoms with van der Waals surface area (Å²) in [7, 11) is 0. The molecule has 6 heteroatoms. The molecule has 0 spiro atoms. The highest BCUT2D eigenvalue weighted by molar-refractivity contribution is 7.99. The van der Waals surface area contributed by atoms with Crippen LogP contribution in [0.3, 0.4) is 0 Å². The Kier molecular flexibility index (Phi) is 4.66. The van der Waals surface area contributed by atoms with Crippen LogP contribution in [0.25, 0.3) is 0 Å². The van der Waals surface area contributed by atoms with Crippen LogP contribution in [-0.4, -0.2) is 34.4 Å². The Balaban J connectivity index is 1.76. The van der Waals surface area contributed by atoms with E-state index in [1.807, 2.05) is 32.0 Å². The number of aryl methyl sites for hydroxylation is 2. The quantitative estimate of drug-likeness (QED) is 0.927. The third kappa shape index (κ3) is 3.19. The summed E-state index contributed by atoms with van der Waals surface area (Å²) in [4.78, 5) is 26.8. The molecule has 1 aromatic heterocycles. The van der Waals surface area contributed by atoms with E-state index in [4.69, 9.17) is 4.42 Å². The Labute approximate surface area is 145 Å². The number of nitrogens with one attached hydrogen (secondary N) is 1. The lowest BCUT2D eigenvalue weighted by molar-refractivity contribution is -0.119. The molecule has 2 heterocycles. The number of hydrogen-bond donors (Lipinski definition) is 1. The maximum absolute atomic E-state index is 12.7. The average Bonchev–Trinajstić information content (AvgIpc) is 3.20. The fourth-order valence-corrected chi connectivity index (χ4v) is 3.81. The molecule has 0 aliphatic carbocycles. The van der Waals surface area contributed by atoms with Crippen molar-refractivity contribution in [2.24, 2.45) is 0 Å². The molecule has 0 radical (unpaired) electrons. The van der Waals surface area contributed by atoms with Gasteiger partial charge in [0.05, 0.1) is 5.88 Å². The van der Waals surface area contributed by atoms with Gasteiger partial charge < -0.3 is 14.6 Å². The van der Waals surface area contributed by atoms with Crippen molar-refractivity contribution in [3.05, 3.63) is 53.0 Å².